The first kappa shape index (κ1) is 31.2. The molecule has 6 nitrogen and oxygen atoms in total. The van der Waals surface area contributed by atoms with E-state index in [1.165, 1.54) is 4.90 Å². The van der Waals surface area contributed by atoms with Crippen LogP contribution < -0.4 is 5.73 Å². The van der Waals surface area contributed by atoms with Crippen LogP contribution >= 0.6 is 0 Å². The van der Waals surface area contributed by atoms with Gasteiger partial charge in [-0.2, -0.15) is 26.3 Å². The molecule has 2 aliphatic heterocycles. The molecular formula is C31H34F6N4O2. The molecule has 0 bridgehead atoms. The van der Waals surface area contributed by atoms with E-state index in [2.05, 4.69) is 9.80 Å². The van der Waals surface area contributed by atoms with Gasteiger partial charge in [0.15, 0.2) is 0 Å². The van der Waals surface area contributed by atoms with E-state index in [4.69, 9.17) is 10.5 Å². The number of benzene rings is 3. The summed E-state index contributed by atoms with van der Waals surface area (Å²) in [6.07, 6.45) is -9.21. The van der Waals surface area contributed by atoms with Crippen LogP contribution in [0.3, 0.4) is 0 Å². The molecule has 0 spiro atoms. The number of carbonyl (C=O) groups excluding carboxylic acids is 1. The summed E-state index contributed by atoms with van der Waals surface area (Å²) in [5.74, 6) is -0.855. The smallest absolute Gasteiger partial charge is 0.379 e. The zero-order chi connectivity index (χ0) is 30.8. The molecule has 2 saturated heterocycles. The topological polar surface area (TPSA) is 62.0 Å². The van der Waals surface area contributed by atoms with Crippen LogP contribution in [0.4, 0.5) is 26.3 Å². The fourth-order valence-corrected chi connectivity index (χ4v) is 5.85. The maximum absolute atomic E-state index is 13.7. The minimum atomic E-state index is -5.04. The molecular weight excluding hydrogens is 574 g/mol. The largest absolute Gasteiger partial charge is 0.416 e. The fourth-order valence-electron chi connectivity index (χ4n) is 5.85. The first-order valence-electron chi connectivity index (χ1n) is 14.3. The first-order valence-corrected chi connectivity index (χ1v) is 14.3. The Bertz CT molecular complexity index is 1390. The summed E-state index contributed by atoms with van der Waals surface area (Å²) in [6.45, 7) is 4.33. The second-order valence-corrected chi connectivity index (χ2v) is 11.1. The number of amides is 1. The van der Waals surface area contributed by atoms with Crippen LogP contribution in [-0.2, 0) is 23.5 Å². The summed E-state index contributed by atoms with van der Waals surface area (Å²) in [6, 6.07) is 14.2. The highest BCUT2D eigenvalue weighted by Crippen LogP contribution is 2.37. The quantitative estimate of drug-likeness (QED) is 0.372. The van der Waals surface area contributed by atoms with Crippen molar-refractivity contribution in [2.24, 2.45) is 5.73 Å². The Kier molecular flexibility index (Phi) is 9.31. The van der Waals surface area contributed by atoms with Crippen molar-refractivity contribution < 1.29 is 35.9 Å². The number of carbonyl (C=O) groups is 1. The Morgan fingerprint density at radius 1 is 0.860 bits per heavy atom. The minimum absolute atomic E-state index is 0.0407. The molecule has 2 aliphatic rings. The number of rotatable bonds is 7. The molecule has 0 aliphatic carbocycles. The molecule has 5 rings (SSSR count). The van der Waals surface area contributed by atoms with E-state index in [1.54, 1.807) is 0 Å². The predicted octanol–water partition coefficient (Wildman–Crippen LogP) is 5.25. The van der Waals surface area contributed by atoms with Gasteiger partial charge in [0.1, 0.15) is 0 Å². The fraction of sp³-hybridized carbons (Fsp3) is 0.452. The molecule has 2 N–H and O–H groups in total. The number of morpholine rings is 1. The number of ether oxygens (including phenoxy) is 1. The molecule has 2 fully saturated rings. The van der Waals surface area contributed by atoms with Crippen LogP contribution in [-0.4, -0.2) is 85.3 Å². The number of hydrogen-bond acceptors (Lipinski definition) is 5. The first-order chi connectivity index (χ1) is 20.4. The highest BCUT2D eigenvalue weighted by Gasteiger charge is 2.39. The Hall–Kier alpha value is -3.19. The summed E-state index contributed by atoms with van der Waals surface area (Å²) in [5, 5.41) is 2.03. The van der Waals surface area contributed by atoms with Gasteiger partial charge < -0.3 is 15.4 Å². The number of halogens is 6. The zero-order valence-corrected chi connectivity index (χ0v) is 23.5. The summed E-state index contributed by atoms with van der Waals surface area (Å²) < 4.78 is 86.7. The SMILES string of the molecule is NC(CCN1CCN(C(=O)c2cc(C(F)(F)F)cc(C(F)(F)F)c2)[C@H](Cc2ccc3ccccc3c2)C1)N1CCOCC1. The van der Waals surface area contributed by atoms with Crippen LogP contribution in [0.2, 0.25) is 0 Å². The average molecular weight is 609 g/mol. The van der Waals surface area contributed by atoms with E-state index in [-0.39, 0.29) is 18.8 Å². The van der Waals surface area contributed by atoms with E-state index in [0.717, 1.165) is 29.4 Å². The second-order valence-electron chi connectivity index (χ2n) is 11.1. The lowest BCUT2D eigenvalue weighted by molar-refractivity contribution is -0.143. The highest BCUT2D eigenvalue weighted by atomic mass is 19.4. The highest BCUT2D eigenvalue weighted by molar-refractivity contribution is 5.95. The maximum Gasteiger partial charge on any atom is 0.416 e. The number of hydrogen-bond donors (Lipinski definition) is 1. The normalized spacial score (nSPS) is 20.0. The number of fused-ring (bicyclic) bond motifs is 1. The molecule has 12 heteroatoms. The van der Waals surface area contributed by atoms with Crippen molar-refractivity contribution in [2.45, 2.75) is 37.4 Å². The van der Waals surface area contributed by atoms with E-state index in [1.807, 2.05) is 42.5 Å². The van der Waals surface area contributed by atoms with E-state index >= 15 is 0 Å². The molecule has 3 aromatic rings. The molecule has 232 valence electrons. The van der Waals surface area contributed by atoms with Gasteiger partial charge in [0.2, 0.25) is 0 Å². The Labute approximate surface area is 246 Å². The van der Waals surface area contributed by atoms with Crippen LogP contribution in [0.15, 0.2) is 60.7 Å². The lowest BCUT2D eigenvalue weighted by atomic mass is 9.97. The van der Waals surface area contributed by atoms with Crippen LogP contribution in [0.25, 0.3) is 10.8 Å². The number of nitrogens with two attached hydrogens (primary N) is 1. The summed E-state index contributed by atoms with van der Waals surface area (Å²) >= 11 is 0. The molecule has 43 heavy (non-hydrogen) atoms. The molecule has 0 aromatic heterocycles. The molecule has 1 amide bonds. The second kappa shape index (κ2) is 12.8. The van der Waals surface area contributed by atoms with Gasteiger partial charge in [-0.3, -0.25) is 14.6 Å². The van der Waals surface area contributed by atoms with Gasteiger partial charge in [0, 0.05) is 50.9 Å². The third kappa shape index (κ3) is 7.67. The van der Waals surface area contributed by atoms with E-state index in [0.29, 0.717) is 57.8 Å². The Morgan fingerprint density at radius 3 is 2.16 bits per heavy atom. The van der Waals surface area contributed by atoms with Gasteiger partial charge >= 0.3 is 12.4 Å². The van der Waals surface area contributed by atoms with Crippen LogP contribution in [0, 0.1) is 0 Å². The van der Waals surface area contributed by atoms with E-state index in [9.17, 15) is 31.1 Å². The molecule has 2 heterocycles. The standard InChI is InChI=1S/C31H34F6N4O2/c32-30(33,34)25-17-24(18-26(19-25)31(35,36)37)29(42)41-10-9-39(8-7-28(38)40-11-13-43-14-12-40)20-27(41)16-21-5-6-22-3-1-2-4-23(22)15-21/h1-6,15,17-19,27-28H,7-14,16,20,38H2/t27-,28?/m1/s1. The molecule has 3 aromatic carbocycles. The third-order valence-corrected chi connectivity index (χ3v) is 8.20. The van der Waals surface area contributed by atoms with Gasteiger partial charge in [-0.1, -0.05) is 42.5 Å². The molecule has 0 radical (unpaired) electrons. The Balaban J connectivity index is 1.40. The number of alkyl halides is 6. The van der Waals surface area contributed by atoms with Crippen LogP contribution in [0.1, 0.15) is 33.5 Å². The van der Waals surface area contributed by atoms with Gasteiger partial charge in [-0.05, 0) is 47.4 Å². The van der Waals surface area contributed by atoms with Crippen molar-refractivity contribution in [1.29, 1.82) is 0 Å². The zero-order valence-electron chi connectivity index (χ0n) is 23.5. The number of nitrogens with zero attached hydrogens (tertiary/aromatic N) is 3. The minimum Gasteiger partial charge on any atom is -0.379 e. The van der Waals surface area contributed by atoms with Crippen LogP contribution in [0.5, 0.6) is 0 Å². The lowest BCUT2D eigenvalue weighted by Crippen LogP contribution is -2.57. The van der Waals surface area contributed by atoms with Crippen molar-refractivity contribution >= 4 is 16.7 Å². The van der Waals surface area contributed by atoms with Gasteiger partial charge in [-0.25, -0.2) is 0 Å². The summed E-state index contributed by atoms with van der Waals surface area (Å²) in [4.78, 5) is 19.4. The van der Waals surface area contributed by atoms with Gasteiger partial charge in [-0.15, -0.1) is 0 Å². The Morgan fingerprint density at radius 2 is 1.51 bits per heavy atom. The third-order valence-electron chi connectivity index (χ3n) is 8.20. The van der Waals surface area contributed by atoms with E-state index < -0.39 is 41.0 Å². The van der Waals surface area contributed by atoms with Crippen molar-refractivity contribution in [1.82, 2.24) is 14.7 Å². The van der Waals surface area contributed by atoms with Crippen molar-refractivity contribution in [3.8, 4) is 0 Å². The van der Waals surface area contributed by atoms with Crippen molar-refractivity contribution in [3.05, 3.63) is 82.9 Å². The number of piperazine rings is 1. The van der Waals surface area contributed by atoms with Gasteiger partial charge in [0.05, 0.1) is 30.5 Å². The summed E-state index contributed by atoms with van der Waals surface area (Å²) in [5.41, 5.74) is 3.69. The summed E-state index contributed by atoms with van der Waals surface area (Å²) in [7, 11) is 0. The monoisotopic (exact) mass is 608 g/mol. The van der Waals surface area contributed by atoms with Gasteiger partial charge in [0.25, 0.3) is 5.91 Å². The lowest BCUT2D eigenvalue weighted by Gasteiger charge is -2.42. The molecule has 1 unspecified atom stereocenters. The average Bonchev–Trinajstić information content (AvgIpc) is 2.99. The molecule has 2 atom stereocenters. The van der Waals surface area contributed by atoms with Crippen molar-refractivity contribution in [2.75, 3.05) is 52.5 Å². The maximum atomic E-state index is 13.7. The van der Waals surface area contributed by atoms with Crippen molar-refractivity contribution in [3.63, 3.8) is 0 Å². The molecule has 0 saturated carbocycles. The predicted molar refractivity (Wildman–Crippen MR) is 150 cm³/mol.